The Hall–Kier alpha value is -1.60. The molecule has 1 atom stereocenters. The van der Waals surface area contributed by atoms with Crippen LogP contribution in [0.25, 0.3) is 11.0 Å². The van der Waals surface area contributed by atoms with Gasteiger partial charge in [-0.05, 0) is 48.8 Å². The Morgan fingerprint density at radius 3 is 2.79 bits per heavy atom. The number of fused-ring (bicyclic) bond motifs is 1. The molecule has 0 radical (unpaired) electrons. The Morgan fingerprint density at radius 1 is 1.46 bits per heavy atom. The Balaban J connectivity index is 2.08. The summed E-state index contributed by atoms with van der Waals surface area (Å²) in [6.45, 7) is 7.88. The van der Waals surface area contributed by atoms with Gasteiger partial charge < -0.3 is 19.7 Å². The predicted molar refractivity (Wildman–Crippen MR) is 97.1 cm³/mol. The van der Waals surface area contributed by atoms with Crippen molar-refractivity contribution in [1.82, 2.24) is 14.9 Å². The highest BCUT2D eigenvalue weighted by molar-refractivity contribution is 9.10. The fourth-order valence-electron chi connectivity index (χ4n) is 2.45. The number of hydrogen-bond acceptors (Lipinski definition) is 4. The minimum Gasteiger partial charge on any atom is -0.444 e. The second kappa shape index (κ2) is 7.53. The molecule has 0 bridgehead atoms. The summed E-state index contributed by atoms with van der Waals surface area (Å²) in [5, 5.41) is 12.9. The number of para-hydroxylation sites is 1. The van der Waals surface area contributed by atoms with Gasteiger partial charge in [0.25, 0.3) is 0 Å². The number of aliphatic hydroxyl groups excluding tert-OH is 1. The maximum atomic E-state index is 11.7. The van der Waals surface area contributed by atoms with E-state index < -0.39 is 17.8 Å². The summed E-state index contributed by atoms with van der Waals surface area (Å²) < 4.78 is 8.09. The molecule has 0 spiro atoms. The van der Waals surface area contributed by atoms with Crippen molar-refractivity contribution >= 4 is 33.1 Å². The van der Waals surface area contributed by atoms with Gasteiger partial charge in [0.1, 0.15) is 11.4 Å². The summed E-state index contributed by atoms with van der Waals surface area (Å²) in [7, 11) is 0. The number of carbonyl (C=O) groups excluding carboxylic acids is 1. The van der Waals surface area contributed by atoms with Gasteiger partial charge in [-0.1, -0.05) is 13.0 Å². The first-order valence-corrected chi connectivity index (χ1v) is 8.79. The number of alkyl carbamates (subject to hydrolysis) is 1. The first-order valence-electron chi connectivity index (χ1n) is 7.99. The highest BCUT2D eigenvalue weighted by atomic mass is 79.9. The van der Waals surface area contributed by atoms with Crippen molar-refractivity contribution in [3.8, 4) is 0 Å². The number of nitrogens with zero attached hydrogens (tertiary/aromatic N) is 2. The molecule has 24 heavy (non-hydrogen) atoms. The number of aliphatic hydroxyl groups is 1. The smallest absolute Gasteiger partial charge is 0.407 e. The van der Waals surface area contributed by atoms with Crippen molar-refractivity contribution in [1.29, 1.82) is 0 Å². The van der Waals surface area contributed by atoms with Crippen LogP contribution in [0.1, 0.15) is 33.5 Å². The zero-order valence-electron chi connectivity index (χ0n) is 14.5. The number of hydrogen-bond donors (Lipinski definition) is 2. The van der Waals surface area contributed by atoms with E-state index in [1.54, 1.807) is 20.8 Å². The highest BCUT2D eigenvalue weighted by Gasteiger charge is 2.18. The van der Waals surface area contributed by atoms with Crippen LogP contribution >= 0.6 is 15.9 Å². The molecular formula is C17H24BrN3O3. The molecule has 2 rings (SSSR count). The SMILES string of the molecule is CCc1nc2cccc(Br)c2n1CC(O)CNC(=O)OC(C)(C)C. The van der Waals surface area contributed by atoms with Gasteiger partial charge in [-0.25, -0.2) is 9.78 Å². The van der Waals surface area contributed by atoms with Crippen LogP contribution in [0.5, 0.6) is 0 Å². The zero-order chi connectivity index (χ0) is 17.9. The van der Waals surface area contributed by atoms with Crippen LogP contribution in [0.4, 0.5) is 4.79 Å². The van der Waals surface area contributed by atoms with Crippen LogP contribution in [-0.4, -0.2) is 39.0 Å². The van der Waals surface area contributed by atoms with E-state index in [2.05, 4.69) is 26.2 Å². The zero-order valence-corrected chi connectivity index (χ0v) is 16.1. The molecule has 1 unspecified atom stereocenters. The normalized spacial score (nSPS) is 13.1. The minimum absolute atomic E-state index is 0.113. The van der Waals surface area contributed by atoms with Crippen molar-refractivity contribution in [2.45, 2.75) is 52.4 Å². The van der Waals surface area contributed by atoms with E-state index in [1.165, 1.54) is 0 Å². The number of aromatic nitrogens is 2. The molecule has 0 aliphatic heterocycles. The first kappa shape index (κ1) is 18.7. The average Bonchev–Trinajstić information content (AvgIpc) is 2.82. The number of carbonyl (C=O) groups is 1. The van der Waals surface area contributed by atoms with Crippen LogP contribution < -0.4 is 5.32 Å². The molecule has 0 saturated carbocycles. The molecule has 0 aliphatic rings. The number of amides is 1. The van der Waals surface area contributed by atoms with E-state index in [0.29, 0.717) is 6.54 Å². The largest absolute Gasteiger partial charge is 0.444 e. The number of benzene rings is 1. The van der Waals surface area contributed by atoms with Crippen LogP contribution in [0.2, 0.25) is 0 Å². The lowest BCUT2D eigenvalue weighted by Gasteiger charge is -2.21. The van der Waals surface area contributed by atoms with Gasteiger partial charge in [0.15, 0.2) is 0 Å². The number of imidazole rings is 1. The maximum Gasteiger partial charge on any atom is 0.407 e. The number of rotatable bonds is 5. The van der Waals surface area contributed by atoms with Gasteiger partial charge in [0, 0.05) is 17.4 Å². The van der Waals surface area contributed by atoms with Crippen molar-refractivity contribution in [3.05, 3.63) is 28.5 Å². The average molecular weight is 398 g/mol. The second-order valence-electron chi connectivity index (χ2n) is 6.64. The van der Waals surface area contributed by atoms with Gasteiger partial charge >= 0.3 is 6.09 Å². The summed E-state index contributed by atoms with van der Waals surface area (Å²) in [6, 6.07) is 5.83. The van der Waals surface area contributed by atoms with Crippen molar-refractivity contribution in [2.24, 2.45) is 0 Å². The summed E-state index contributed by atoms with van der Waals surface area (Å²) in [5.74, 6) is 0.896. The lowest BCUT2D eigenvalue weighted by atomic mass is 10.2. The third kappa shape index (κ3) is 4.70. The van der Waals surface area contributed by atoms with Crippen LogP contribution in [-0.2, 0) is 17.7 Å². The van der Waals surface area contributed by atoms with Gasteiger partial charge in [-0.2, -0.15) is 0 Å². The molecule has 0 aliphatic carbocycles. The molecular weight excluding hydrogens is 374 g/mol. The van der Waals surface area contributed by atoms with Crippen molar-refractivity contribution in [3.63, 3.8) is 0 Å². The molecule has 7 heteroatoms. The fraction of sp³-hybridized carbons (Fsp3) is 0.529. The number of nitrogens with one attached hydrogen (secondary N) is 1. The lowest BCUT2D eigenvalue weighted by Crippen LogP contribution is -2.38. The van der Waals surface area contributed by atoms with Gasteiger partial charge in [-0.3, -0.25) is 0 Å². The Morgan fingerprint density at radius 2 is 2.17 bits per heavy atom. The first-order chi connectivity index (χ1) is 11.2. The molecule has 132 valence electrons. The van der Waals surface area contributed by atoms with Crippen LogP contribution in [0, 0.1) is 0 Å². The highest BCUT2D eigenvalue weighted by Crippen LogP contribution is 2.25. The predicted octanol–water partition coefficient (Wildman–Crippen LogP) is 3.25. The summed E-state index contributed by atoms with van der Waals surface area (Å²) in [5.41, 5.74) is 1.27. The van der Waals surface area contributed by atoms with E-state index in [9.17, 15) is 9.90 Å². The van der Waals surface area contributed by atoms with E-state index in [-0.39, 0.29) is 6.54 Å². The van der Waals surface area contributed by atoms with E-state index in [4.69, 9.17) is 4.74 Å². The molecule has 1 aromatic heterocycles. The molecule has 0 fully saturated rings. The molecule has 1 aromatic carbocycles. The van der Waals surface area contributed by atoms with E-state index in [1.807, 2.05) is 29.7 Å². The summed E-state index contributed by atoms with van der Waals surface area (Å²) in [4.78, 5) is 16.3. The van der Waals surface area contributed by atoms with Gasteiger partial charge in [0.05, 0.1) is 23.7 Å². The monoisotopic (exact) mass is 397 g/mol. The second-order valence-corrected chi connectivity index (χ2v) is 7.49. The van der Waals surface area contributed by atoms with Gasteiger partial charge in [-0.15, -0.1) is 0 Å². The summed E-state index contributed by atoms with van der Waals surface area (Å²) in [6.07, 6.45) is -0.519. The van der Waals surface area contributed by atoms with Crippen molar-refractivity contribution < 1.29 is 14.6 Å². The molecule has 6 nitrogen and oxygen atoms in total. The van der Waals surface area contributed by atoms with E-state index >= 15 is 0 Å². The Kier molecular flexibility index (Phi) is 5.87. The number of ether oxygens (including phenoxy) is 1. The topological polar surface area (TPSA) is 76.4 Å². The molecule has 1 heterocycles. The third-order valence-corrected chi connectivity index (χ3v) is 4.03. The fourth-order valence-corrected chi connectivity index (χ4v) is 3.02. The molecule has 2 aromatic rings. The minimum atomic E-state index is -0.743. The quantitative estimate of drug-likeness (QED) is 0.811. The lowest BCUT2D eigenvalue weighted by molar-refractivity contribution is 0.0485. The number of halogens is 1. The molecule has 2 N–H and O–H groups in total. The maximum absolute atomic E-state index is 11.7. The Labute approximate surface area is 150 Å². The van der Waals surface area contributed by atoms with Crippen LogP contribution in [0.15, 0.2) is 22.7 Å². The molecule has 1 amide bonds. The third-order valence-electron chi connectivity index (χ3n) is 3.39. The van der Waals surface area contributed by atoms with E-state index in [0.717, 1.165) is 27.8 Å². The molecule has 0 saturated heterocycles. The Bertz CT molecular complexity index is 722. The standard InChI is InChI=1S/C17H24BrN3O3/c1-5-14-20-13-8-6-7-12(18)15(13)21(14)10-11(22)9-19-16(23)24-17(2,3)4/h6-8,11,22H,5,9-10H2,1-4H3,(H,19,23). The number of aryl methyl sites for hydroxylation is 1. The summed E-state index contributed by atoms with van der Waals surface area (Å²) >= 11 is 3.54. The van der Waals surface area contributed by atoms with Crippen LogP contribution in [0.3, 0.4) is 0 Å². The van der Waals surface area contributed by atoms with Gasteiger partial charge in [0.2, 0.25) is 0 Å². The van der Waals surface area contributed by atoms with Crippen molar-refractivity contribution in [2.75, 3.05) is 6.54 Å².